The Morgan fingerprint density at radius 3 is 2.33 bits per heavy atom. The summed E-state index contributed by atoms with van der Waals surface area (Å²) in [6.45, 7) is 6.32. The molecule has 1 aromatic heterocycles. The topological polar surface area (TPSA) is 58.1 Å². The molecule has 0 bridgehead atoms. The number of nitrogens with one attached hydrogen (secondary N) is 1. The minimum atomic E-state index is -0.231. The number of rotatable bonds is 4. The number of aromatic nitrogens is 2. The van der Waals surface area contributed by atoms with Crippen molar-refractivity contribution in [3.8, 4) is 0 Å². The Bertz CT molecular complexity index is 674. The molecule has 126 valence electrons. The maximum Gasteiger partial charge on any atom is 0.275 e. The van der Waals surface area contributed by atoms with Gasteiger partial charge in [0.2, 0.25) is 0 Å². The van der Waals surface area contributed by atoms with E-state index in [1.165, 1.54) is 24.8 Å². The van der Waals surface area contributed by atoms with Gasteiger partial charge in [-0.2, -0.15) is 0 Å². The Kier molecular flexibility index (Phi) is 5.08. The van der Waals surface area contributed by atoms with Crippen molar-refractivity contribution >= 4 is 17.4 Å². The molecule has 5 heteroatoms. The van der Waals surface area contributed by atoms with Crippen molar-refractivity contribution in [1.82, 2.24) is 9.97 Å². The summed E-state index contributed by atoms with van der Waals surface area (Å²) in [4.78, 5) is 23.2. The zero-order valence-electron chi connectivity index (χ0n) is 14.3. The Balaban J connectivity index is 1.64. The van der Waals surface area contributed by atoms with Crippen LogP contribution in [0, 0.1) is 0 Å². The van der Waals surface area contributed by atoms with Crippen molar-refractivity contribution in [3.63, 3.8) is 0 Å². The number of benzene rings is 1. The Morgan fingerprint density at radius 1 is 1.04 bits per heavy atom. The van der Waals surface area contributed by atoms with E-state index in [0.29, 0.717) is 11.6 Å². The molecule has 0 radical (unpaired) electrons. The molecule has 24 heavy (non-hydrogen) atoms. The highest BCUT2D eigenvalue weighted by atomic mass is 16.1. The van der Waals surface area contributed by atoms with Crippen molar-refractivity contribution in [2.24, 2.45) is 0 Å². The average molecular weight is 324 g/mol. The first-order chi connectivity index (χ1) is 11.6. The largest absolute Gasteiger partial charge is 0.355 e. The normalized spacial score (nSPS) is 14.7. The lowest BCUT2D eigenvalue weighted by Crippen LogP contribution is -2.30. The van der Waals surface area contributed by atoms with E-state index in [0.717, 1.165) is 24.6 Å². The third kappa shape index (κ3) is 3.91. The highest BCUT2D eigenvalue weighted by Crippen LogP contribution is 2.18. The quantitative estimate of drug-likeness (QED) is 0.928. The molecule has 0 saturated carbocycles. The molecule has 1 aliphatic rings. The predicted octanol–water partition coefficient (Wildman–Crippen LogP) is 3.84. The molecule has 0 aliphatic carbocycles. The summed E-state index contributed by atoms with van der Waals surface area (Å²) in [5, 5.41) is 2.87. The Hall–Kier alpha value is -2.43. The standard InChI is InChI=1S/C19H24N4O/c1-14(2)15-6-8-16(9-7-15)22-19(24)17-12-21-18(13-20-17)23-10-4-3-5-11-23/h6-9,12-14H,3-5,10-11H2,1-2H3,(H,22,24). The number of hydrogen-bond donors (Lipinski definition) is 1. The predicted molar refractivity (Wildman–Crippen MR) is 96.6 cm³/mol. The third-order valence-corrected chi connectivity index (χ3v) is 4.39. The summed E-state index contributed by atoms with van der Waals surface area (Å²) in [5.74, 6) is 1.10. The number of carbonyl (C=O) groups is 1. The van der Waals surface area contributed by atoms with Crippen LogP contribution in [0.1, 0.15) is 55.1 Å². The summed E-state index contributed by atoms with van der Waals surface area (Å²) >= 11 is 0. The number of hydrogen-bond acceptors (Lipinski definition) is 4. The Labute approximate surface area is 143 Å². The van der Waals surface area contributed by atoms with Gasteiger partial charge >= 0.3 is 0 Å². The lowest BCUT2D eigenvalue weighted by Gasteiger charge is -2.27. The van der Waals surface area contributed by atoms with Crippen LogP contribution < -0.4 is 10.2 Å². The summed E-state index contributed by atoms with van der Waals surface area (Å²) in [6, 6.07) is 7.91. The van der Waals surface area contributed by atoms with E-state index in [4.69, 9.17) is 0 Å². The fourth-order valence-corrected chi connectivity index (χ4v) is 2.87. The Morgan fingerprint density at radius 2 is 1.75 bits per heavy atom. The molecule has 3 rings (SSSR count). The fourth-order valence-electron chi connectivity index (χ4n) is 2.87. The first-order valence-electron chi connectivity index (χ1n) is 8.62. The minimum Gasteiger partial charge on any atom is -0.355 e. The van der Waals surface area contributed by atoms with Crippen LogP contribution in [0.3, 0.4) is 0 Å². The van der Waals surface area contributed by atoms with Crippen LogP contribution in [0.15, 0.2) is 36.7 Å². The second-order valence-corrected chi connectivity index (χ2v) is 6.54. The number of nitrogens with zero attached hydrogens (tertiary/aromatic N) is 3. The van der Waals surface area contributed by atoms with E-state index in [1.807, 2.05) is 24.3 Å². The molecular weight excluding hydrogens is 300 g/mol. The van der Waals surface area contributed by atoms with Crippen molar-refractivity contribution < 1.29 is 4.79 Å². The van der Waals surface area contributed by atoms with Gasteiger partial charge in [0.15, 0.2) is 0 Å². The van der Waals surface area contributed by atoms with Crippen LogP contribution in [0.4, 0.5) is 11.5 Å². The van der Waals surface area contributed by atoms with Crippen LogP contribution in [0.25, 0.3) is 0 Å². The fraction of sp³-hybridized carbons (Fsp3) is 0.421. The van der Waals surface area contributed by atoms with Crippen molar-refractivity contribution in [3.05, 3.63) is 47.9 Å². The molecule has 5 nitrogen and oxygen atoms in total. The van der Waals surface area contributed by atoms with Crippen molar-refractivity contribution in [1.29, 1.82) is 0 Å². The third-order valence-electron chi connectivity index (χ3n) is 4.39. The van der Waals surface area contributed by atoms with Crippen molar-refractivity contribution in [2.45, 2.75) is 39.0 Å². The summed E-state index contributed by atoms with van der Waals surface area (Å²) in [6.07, 6.45) is 6.91. The van der Waals surface area contributed by atoms with Crippen LogP contribution in [0.5, 0.6) is 0 Å². The van der Waals surface area contributed by atoms with E-state index in [1.54, 1.807) is 12.4 Å². The van der Waals surface area contributed by atoms with Crippen LogP contribution in [-0.2, 0) is 0 Å². The monoisotopic (exact) mass is 324 g/mol. The smallest absolute Gasteiger partial charge is 0.275 e. The van der Waals surface area contributed by atoms with Gasteiger partial charge < -0.3 is 10.2 Å². The van der Waals surface area contributed by atoms with Gasteiger partial charge in [-0.1, -0.05) is 26.0 Å². The van der Waals surface area contributed by atoms with E-state index < -0.39 is 0 Å². The number of amides is 1. The summed E-state index contributed by atoms with van der Waals surface area (Å²) in [5.41, 5.74) is 2.36. The maximum absolute atomic E-state index is 12.3. The van der Waals surface area contributed by atoms with E-state index in [2.05, 4.69) is 34.0 Å². The van der Waals surface area contributed by atoms with Crippen LogP contribution in [-0.4, -0.2) is 29.0 Å². The summed E-state index contributed by atoms with van der Waals surface area (Å²) in [7, 11) is 0. The molecule has 1 N–H and O–H groups in total. The molecule has 1 aromatic carbocycles. The SMILES string of the molecule is CC(C)c1ccc(NC(=O)c2cnc(N3CCCCC3)cn2)cc1. The molecule has 2 aromatic rings. The van der Waals surface area contributed by atoms with Crippen LogP contribution in [0.2, 0.25) is 0 Å². The molecule has 0 atom stereocenters. The highest BCUT2D eigenvalue weighted by molar-refractivity contribution is 6.02. The number of piperidine rings is 1. The lowest BCUT2D eigenvalue weighted by atomic mass is 10.0. The minimum absolute atomic E-state index is 0.231. The van der Waals surface area contributed by atoms with Gasteiger partial charge in [-0.05, 0) is 42.9 Å². The van der Waals surface area contributed by atoms with Gasteiger partial charge in [-0.3, -0.25) is 4.79 Å². The van der Waals surface area contributed by atoms with Gasteiger partial charge in [0, 0.05) is 18.8 Å². The van der Waals surface area contributed by atoms with Crippen LogP contribution >= 0.6 is 0 Å². The highest BCUT2D eigenvalue weighted by Gasteiger charge is 2.14. The average Bonchev–Trinajstić information content (AvgIpc) is 2.63. The van der Waals surface area contributed by atoms with E-state index in [-0.39, 0.29) is 5.91 Å². The molecule has 1 fully saturated rings. The van der Waals surface area contributed by atoms with E-state index in [9.17, 15) is 4.79 Å². The van der Waals surface area contributed by atoms with Gasteiger partial charge in [-0.25, -0.2) is 9.97 Å². The number of anilines is 2. The molecular formula is C19H24N4O. The molecule has 1 aliphatic heterocycles. The van der Waals surface area contributed by atoms with Gasteiger partial charge in [0.25, 0.3) is 5.91 Å². The molecule has 1 amide bonds. The summed E-state index contributed by atoms with van der Waals surface area (Å²) < 4.78 is 0. The maximum atomic E-state index is 12.3. The first kappa shape index (κ1) is 16.4. The van der Waals surface area contributed by atoms with Gasteiger partial charge in [0.05, 0.1) is 12.4 Å². The lowest BCUT2D eigenvalue weighted by molar-refractivity contribution is 0.102. The van der Waals surface area contributed by atoms with Crippen molar-refractivity contribution in [2.75, 3.05) is 23.3 Å². The second-order valence-electron chi connectivity index (χ2n) is 6.54. The molecule has 0 unspecified atom stereocenters. The molecule has 2 heterocycles. The first-order valence-corrected chi connectivity index (χ1v) is 8.62. The zero-order chi connectivity index (χ0) is 16.9. The molecule has 1 saturated heterocycles. The van der Waals surface area contributed by atoms with Gasteiger partial charge in [0.1, 0.15) is 11.5 Å². The second kappa shape index (κ2) is 7.43. The zero-order valence-corrected chi connectivity index (χ0v) is 14.3. The molecule has 0 spiro atoms. The number of carbonyl (C=O) groups excluding carboxylic acids is 1. The van der Waals surface area contributed by atoms with E-state index >= 15 is 0 Å². The van der Waals surface area contributed by atoms with Gasteiger partial charge in [-0.15, -0.1) is 0 Å².